The van der Waals surface area contributed by atoms with Gasteiger partial charge in [-0.1, -0.05) is 36.4 Å². The van der Waals surface area contributed by atoms with E-state index in [2.05, 4.69) is 69.7 Å². The third-order valence-corrected chi connectivity index (χ3v) is 9.70. The number of hydrogen-bond donors (Lipinski definition) is 1. The molecule has 3 aromatic carbocycles. The molecule has 9 heteroatoms. The summed E-state index contributed by atoms with van der Waals surface area (Å²) in [6, 6.07) is 25.4. The maximum Gasteiger partial charge on any atom is 0.251 e. The Hall–Kier alpha value is -4.44. The van der Waals surface area contributed by atoms with Crippen molar-refractivity contribution in [1.82, 2.24) is 14.7 Å². The molecule has 264 valence electrons. The van der Waals surface area contributed by atoms with Gasteiger partial charge in [-0.25, -0.2) is 0 Å². The predicted octanol–water partition coefficient (Wildman–Crippen LogP) is 7.33. The summed E-state index contributed by atoms with van der Waals surface area (Å²) >= 11 is 0. The summed E-state index contributed by atoms with van der Waals surface area (Å²) in [5.74, 6) is 0.778. The molecule has 0 saturated carbocycles. The maximum absolute atomic E-state index is 13.7. The van der Waals surface area contributed by atoms with Crippen LogP contribution in [-0.4, -0.2) is 73.3 Å². The topological polar surface area (TPSA) is 81.1 Å². The van der Waals surface area contributed by atoms with Gasteiger partial charge in [-0.2, -0.15) is 5.10 Å². The largest absolute Gasteiger partial charge is 0.493 e. The molecule has 0 aliphatic carbocycles. The molecule has 2 saturated heterocycles. The fourth-order valence-electron chi connectivity index (χ4n) is 6.80. The molecule has 1 aromatic heterocycles. The molecule has 3 aliphatic heterocycles. The fraction of sp³-hybridized carbons (Fsp3) is 0.415. The normalized spacial score (nSPS) is 16.2. The number of para-hydroxylation sites is 1. The molecule has 7 rings (SSSR count). The highest BCUT2D eigenvalue weighted by Gasteiger charge is 2.22. The van der Waals surface area contributed by atoms with Gasteiger partial charge in [0.1, 0.15) is 5.75 Å². The van der Waals surface area contributed by atoms with Crippen LogP contribution in [0.15, 0.2) is 84.6 Å². The number of fused-ring (bicyclic) bond motifs is 1. The standard InChI is InChI=1S/C37H43N5O3.C4H8O/c1-4-45-36-8-6-5-7-34(36)28-11-14-35-30(23-28)24-29(16-20-42(35)26-33-15-19-38-41(33)3)37(43)39-31-12-9-27(10-13-31)25-40(2)32-17-21-44-22-18-32;1-2-4-5-3-1/h5-15,19,23-24,32H,4,16-18,20-22,25-26H2,1-3H3,(H,39,43);1-4H2. The van der Waals surface area contributed by atoms with Gasteiger partial charge in [0.05, 0.1) is 18.8 Å². The van der Waals surface area contributed by atoms with E-state index in [1.807, 2.05) is 61.2 Å². The second-order valence-corrected chi connectivity index (χ2v) is 13.2. The van der Waals surface area contributed by atoms with E-state index in [-0.39, 0.29) is 5.91 Å². The maximum atomic E-state index is 13.7. The first-order chi connectivity index (χ1) is 24.5. The quantitative estimate of drug-likeness (QED) is 0.188. The zero-order valence-corrected chi connectivity index (χ0v) is 29.8. The van der Waals surface area contributed by atoms with Crippen LogP contribution >= 0.6 is 0 Å². The minimum absolute atomic E-state index is 0.0736. The van der Waals surface area contributed by atoms with Crippen molar-refractivity contribution in [3.05, 3.63) is 101 Å². The SMILES string of the molecule is C1CCOC1.CCOc1ccccc1-c1ccc2c(c1)C=C(C(=O)Nc1ccc(CN(C)C3CCOCC3)cc1)CCN2Cc1ccnn1C. The molecule has 9 nitrogen and oxygen atoms in total. The van der Waals surface area contributed by atoms with Gasteiger partial charge in [-0.05, 0) is 105 Å². The Balaban J connectivity index is 0.000000794. The first kappa shape index (κ1) is 35.4. The highest BCUT2D eigenvalue weighted by atomic mass is 16.5. The van der Waals surface area contributed by atoms with Gasteiger partial charge >= 0.3 is 0 Å². The molecule has 4 heterocycles. The van der Waals surface area contributed by atoms with E-state index in [0.717, 1.165) is 90.9 Å². The van der Waals surface area contributed by atoms with Crippen molar-refractivity contribution in [1.29, 1.82) is 0 Å². The van der Waals surface area contributed by atoms with Crippen LogP contribution in [0.5, 0.6) is 5.75 Å². The summed E-state index contributed by atoms with van der Waals surface area (Å²) in [4.78, 5) is 18.5. The number of hydrogen-bond acceptors (Lipinski definition) is 7. The molecule has 3 aliphatic rings. The van der Waals surface area contributed by atoms with Crippen LogP contribution in [0, 0.1) is 0 Å². The van der Waals surface area contributed by atoms with E-state index in [1.54, 1.807) is 0 Å². The van der Waals surface area contributed by atoms with Crippen molar-refractivity contribution in [3.63, 3.8) is 0 Å². The summed E-state index contributed by atoms with van der Waals surface area (Å²) in [6.07, 6.45) is 9.20. The molecule has 0 spiro atoms. The molecule has 0 atom stereocenters. The third-order valence-electron chi connectivity index (χ3n) is 9.70. The number of nitrogens with one attached hydrogen (secondary N) is 1. The van der Waals surface area contributed by atoms with Crippen molar-refractivity contribution in [3.8, 4) is 16.9 Å². The Morgan fingerprint density at radius 2 is 1.74 bits per heavy atom. The summed E-state index contributed by atoms with van der Waals surface area (Å²) < 4.78 is 18.3. The van der Waals surface area contributed by atoms with Crippen LogP contribution in [0.1, 0.15) is 55.8 Å². The number of carbonyl (C=O) groups is 1. The van der Waals surface area contributed by atoms with E-state index in [4.69, 9.17) is 14.2 Å². The lowest BCUT2D eigenvalue weighted by Gasteiger charge is -2.31. The van der Waals surface area contributed by atoms with Crippen molar-refractivity contribution >= 4 is 23.4 Å². The van der Waals surface area contributed by atoms with Gasteiger partial charge in [0, 0.05) is 81.3 Å². The molecular formula is C41H51N5O4. The van der Waals surface area contributed by atoms with Crippen LogP contribution in [0.4, 0.5) is 11.4 Å². The molecule has 1 N–H and O–H groups in total. The summed E-state index contributed by atoms with van der Waals surface area (Å²) in [5, 5.41) is 7.54. The van der Waals surface area contributed by atoms with Crippen LogP contribution in [0.3, 0.4) is 0 Å². The van der Waals surface area contributed by atoms with Crippen LogP contribution < -0.4 is 15.0 Å². The minimum atomic E-state index is -0.0736. The lowest BCUT2D eigenvalue weighted by molar-refractivity contribution is -0.112. The summed E-state index contributed by atoms with van der Waals surface area (Å²) in [5.41, 5.74) is 8.09. The number of amides is 1. The molecule has 1 amide bonds. The Morgan fingerprint density at radius 3 is 2.44 bits per heavy atom. The van der Waals surface area contributed by atoms with E-state index in [9.17, 15) is 4.79 Å². The van der Waals surface area contributed by atoms with Crippen LogP contribution in [0.25, 0.3) is 17.2 Å². The average molecular weight is 678 g/mol. The first-order valence-electron chi connectivity index (χ1n) is 18.0. The smallest absolute Gasteiger partial charge is 0.251 e. The first-order valence-corrected chi connectivity index (χ1v) is 18.0. The number of aromatic nitrogens is 2. The zero-order valence-electron chi connectivity index (χ0n) is 29.8. The van der Waals surface area contributed by atoms with Gasteiger partial charge in [0.25, 0.3) is 5.91 Å². The molecule has 0 unspecified atom stereocenters. The Kier molecular flexibility index (Phi) is 12.4. The Morgan fingerprint density at radius 1 is 0.980 bits per heavy atom. The van der Waals surface area contributed by atoms with Crippen LogP contribution in [-0.2, 0) is 34.4 Å². The highest BCUT2D eigenvalue weighted by molar-refractivity contribution is 6.07. The van der Waals surface area contributed by atoms with Crippen LogP contribution in [0.2, 0.25) is 0 Å². The van der Waals surface area contributed by atoms with E-state index < -0.39 is 0 Å². The fourth-order valence-corrected chi connectivity index (χ4v) is 6.80. The lowest BCUT2D eigenvalue weighted by Crippen LogP contribution is -2.36. The van der Waals surface area contributed by atoms with Gasteiger partial charge in [0.15, 0.2) is 0 Å². The lowest BCUT2D eigenvalue weighted by atomic mass is 9.99. The number of anilines is 2. The van der Waals surface area contributed by atoms with Crippen molar-refractivity contribution in [2.75, 3.05) is 56.8 Å². The van der Waals surface area contributed by atoms with Gasteiger partial charge in [-0.3, -0.25) is 14.4 Å². The Bertz CT molecular complexity index is 1720. The predicted molar refractivity (Wildman–Crippen MR) is 200 cm³/mol. The number of rotatable bonds is 10. The highest BCUT2D eigenvalue weighted by Crippen LogP contribution is 2.36. The number of aryl methyl sites for hydroxylation is 1. The molecule has 0 radical (unpaired) electrons. The monoisotopic (exact) mass is 677 g/mol. The van der Waals surface area contributed by atoms with Crippen molar-refractivity contribution in [2.45, 2.75) is 58.2 Å². The average Bonchev–Trinajstić information content (AvgIpc) is 3.83. The third kappa shape index (κ3) is 9.21. The van der Waals surface area contributed by atoms with E-state index in [0.29, 0.717) is 32.2 Å². The molecule has 50 heavy (non-hydrogen) atoms. The summed E-state index contributed by atoms with van der Waals surface area (Å²) in [6.45, 7) is 8.55. The second kappa shape index (κ2) is 17.5. The molecule has 2 fully saturated rings. The van der Waals surface area contributed by atoms with E-state index in [1.165, 1.54) is 18.4 Å². The van der Waals surface area contributed by atoms with E-state index >= 15 is 0 Å². The number of ether oxygens (including phenoxy) is 3. The van der Waals surface area contributed by atoms with Crippen molar-refractivity contribution in [2.24, 2.45) is 7.05 Å². The zero-order chi connectivity index (χ0) is 34.7. The van der Waals surface area contributed by atoms with Crippen molar-refractivity contribution < 1.29 is 19.0 Å². The second-order valence-electron chi connectivity index (χ2n) is 13.2. The van der Waals surface area contributed by atoms with Gasteiger partial charge in [0.2, 0.25) is 0 Å². The Labute approximate surface area is 296 Å². The molecule has 0 bridgehead atoms. The summed E-state index contributed by atoms with van der Waals surface area (Å²) in [7, 11) is 4.15. The number of nitrogens with zero attached hydrogens (tertiary/aromatic N) is 4. The van der Waals surface area contributed by atoms with Gasteiger partial charge < -0.3 is 24.4 Å². The number of carbonyl (C=O) groups excluding carboxylic acids is 1. The van der Waals surface area contributed by atoms with Gasteiger partial charge in [-0.15, -0.1) is 0 Å². The molecular weight excluding hydrogens is 626 g/mol. The number of benzene rings is 3. The minimum Gasteiger partial charge on any atom is -0.493 e. The molecule has 4 aromatic rings.